The van der Waals surface area contributed by atoms with Crippen LogP contribution in [0, 0.1) is 11.6 Å². The van der Waals surface area contributed by atoms with Gasteiger partial charge >= 0.3 is 0 Å². The molecule has 0 amide bonds. The van der Waals surface area contributed by atoms with Crippen molar-refractivity contribution in [3.05, 3.63) is 51.9 Å². The lowest BCUT2D eigenvalue weighted by molar-refractivity contribution is 0.181. The van der Waals surface area contributed by atoms with Gasteiger partial charge in [-0.15, -0.1) is 0 Å². The molecule has 0 atom stereocenters. The topological polar surface area (TPSA) is 67.0 Å². The number of nitrogens with one attached hydrogen (secondary N) is 2. The molecular formula is C12H11F2N3O2. The van der Waals surface area contributed by atoms with Gasteiger partial charge in [0.1, 0.15) is 11.6 Å². The minimum absolute atomic E-state index is 0.0131. The molecule has 2 aromatic rings. The molecule has 1 heterocycles. The fourth-order valence-electron chi connectivity index (χ4n) is 1.51. The van der Waals surface area contributed by atoms with Crippen LogP contribution in [0.5, 0.6) is 0 Å². The van der Waals surface area contributed by atoms with E-state index in [1.165, 1.54) is 19.2 Å². The fourth-order valence-corrected chi connectivity index (χ4v) is 1.51. The smallest absolute Gasteiger partial charge is 0.252 e. The molecular weight excluding hydrogens is 256 g/mol. The molecule has 0 saturated carbocycles. The van der Waals surface area contributed by atoms with Crippen molar-refractivity contribution in [1.82, 2.24) is 9.97 Å². The second-order valence-electron chi connectivity index (χ2n) is 3.77. The predicted molar refractivity (Wildman–Crippen MR) is 65.2 cm³/mol. The SMILES string of the molecule is COCc1cc(=O)[nH]c(Nc2ccc(F)cc2F)n1. The van der Waals surface area contributed by atoms with Gasteiger partial charge < -0.3 is 10.1 Å². The number of rotatable bonds is 4. The molecule has 0 fully saturated rings. The first-order valence-corrected chi connectivity index (χ1v) is 5.40. The maximum Gasteiger partial charge on any atom is 0.252 e. The molecule has 5 nitrogen and oxygen atoms in total. The standard InChI is InChI=1S/C12H11F2N3O2/c1-19-6-8-5-11(18)17-12(15-8)16-10-3-2-7(13)4-9(10)14/h2-5H,6H2,1H3,(H2,15,16,17,18). The van der Waals surface area contributed by atoms with Crippen LogP contribution in [0.1, 0.15) is 5.69 Å². The Morgan fingerprint density at radius 3 is 2.84 bits per heavy atom. The van der Waals surface area contributed by atoms with Gasteiger partial charge in [-0.05, 0) is 12.1 Å². The van der Waals surface area contributed by atoms with Crippen LogP contribution in [0.3, 0.4) is 0 Å². The van der Waals surface area contributed by atoms with Gasteiger partial charge in [0.05, 0.1) is 18.0 Å². The van der Waals surface area contributed by atoms with Crippen LogP contribution >= 0.6 is 0 Å². The highest BCUT2D eigenvalue weighted by molar-refractivity contribution is 5.53. The molecule has 0 aliphatic heterocycles. The molecule has 2 N–H and O–H groups in total. The maximum atomic E-state index is 13.4. The molecule has 0 bridgehead atoms. The first kappa shape index (κ1) is 13.2. The zero-order valence-corrected chi connectivity index (χ0v) is 10.0. The zero-order chi connectivity index (χ0) is 13.8. The van der Waals surface area contributed by atoms with Crippen molar-refractivity contribution in [2.24, 2.45) is 0 Å². The monoisotopic (exact) mass is 267 g/mol. The highest BCUT2D eigenvalue weighted by Crippen LogP contribution is 2.17. The average molecular weight is 267 g/mol. The second-order valence-corrected chi connectivity index (χ2v) is 3.77. The van der Waals surface area contributed by atoms with Crippen LogP contribution in [0.2, 0.25) is 0 Å². The summed E-state index contributed by atoms with van der Waals surface area (Å²) in [6.45, 7) is 0.157. The van der Waals surface area contributed by atoms with E-state index in [0.717, 1.165) is 12.1 Å². The number of anilines is 2. The number of aromatic nitrogens is 2. The lowest BCUT2D eigenvalue weighted by Gasteiger charge is -2.07. The number of nitrogens with zero attached hydrogens (tertiary/aromatic N) is 1. The van der Waals surface area contributed by atoms with Gasteiger partial charge in [0.2, 0.25) is 5.95 Å². The van der Waals surface area contributed by atoms with Gasteiger partial charge in [-0.25, -0.2) is 13.8 Å². The molecule has 0 aliphatic rings. The number of hydrogen-bond donors (Lipinski definition) is 2. The van der Waals surface area contributed by atoms with E-state index in [1.807, 2.05) is 0 Å². The Bertz CT molecular complexity index is 643. The number of benzene rings is 1. The van der Waals surface area contributed by atoms with Crippen LogP contribution < -0.4 is 10.9 Å². The summed E-state index contributed by atoms with van der Waals surface area (Å²) in [4.78, 5) is 17.8. The first-order chi connectivity index (χ1) is 9.08. The van der Waals surface area contributed by atoms with E-state index in [2.05, 4.69) is 15.3 Å². The molecule has 2 rings (SSSR count). The van der Waals surface area contributed by atoms with E-state index in [-0.39, 0.29) is 18.2 Å². The molecule has 0 saturated heterocycles. The van der Waals surface area contributed by atoms with Gasteiger partial charge in [0, 0.05) is 19.2 Å². The van der Waals surface area contributed by atoms with Gasteiger partial charge in [0.15, 0.2) is 0 Å². The minimum atomic E-state index is -0.778. The fraction of sp³-hybridized carbons (Fsp3) is 0.167. The van der Waals surface area contributed by atoms with Crippen molar-refractivity contribution >= 4 is 11.6 Å². The van der Waals surface area contributed by atoms with Crippen molar-refractivity contribution in [3.63, 3.8) is 0 Å². The molecule has 1 aromatic heterocycles. The molecule has 0 spiro atoms. The van der Waals surface area contributed by atoms with E-state index < -0.39 is 17.2 Å². The van der Waals surface area contributed by atoms with Crippen LogP contribution in [0.25, 0.3) is 0 Å². The summed E-state index contributed by atoms with van der Waals surface area (Å²) in [5, 5.41) is 2.58. The van der Waals surface area contributed by atoms with E-state index in [4.69, 9.17) is 4.74 Å². The van der Waals surface area contributed by atoms with Crippen molar-refractivity contribution in [3.8, 4) is 0 Å². The third-order valence-corrected chi connectivity index (χ3v) is 2.27. The van der Waals surface area contributed by atoms with Crippen molar-refractivity contribution in [1.29, 1.82) is 0 Å². The Labute approximate surface area is 107 Å². The largest absolute Gasteiger partial charge is 0.378 e. The third kappa shape index (κ3) is 3.35. The van der Waals surface area contributed by atoms with Crippen LogP contribution in [-0.2, 0) is 11.3 Å². The minimum Gasteiger partial charge on any atom is -0.378 e. The normalized spacial score (nSPS) is 10.5. The highest BCUT2D eigenvalue weighted by atomic mass is 19.1. The van der Waals surface area contributed by atoms with Crippen molar-refractivity contribution in [2.45, 2.75) is 6.61 Å². The summed E-state index contributed by atoms with van der Waals surface area (Å²) >= 11 is 0. The maximum absolute atomic E-state index is 13.4. The van der Waals surface area contributed by atoms with Crippen LogP contribution in [-0.4, -0.2) is 17.1 Å². The summed E-state index contributed by atoms with van der Waals surface area (Å²) in [6.07, 6.45) is 0. The van der Waals surface area contributed by atoms with E-state index in [9.17, 15) is 13.6 Å². The quantitative estimate of drug-likeness (QED) is 0.888. The number of H-pyrrole nitrogens is 1. The van der Waals surface area contributed by atoms with Crippen LogP contribution in [0.4, 0.5) is 20.4 Å². The number of halogens is 2. The van der Waals surface area contributed by atoms with E-state index in [0.29, 0.717) is 5.69 Å². The van der Waals surface area contributed by atoms with Gasteiger partial charge in [-0.3, -0.25) is 9.78 Å². The number of methoxy groups -OCH3 is 1. The lowest BCUT2D eigenvalue weighted by Crippen LogP contribution is -2.12. The van der Waals surface area contributed by atoms with Gasteiger partial charge in [-0.1, -0.05) is 0 Å². The zero-order valence-electron chi connectivity index (χ0n) is 10.0. The molecule has 1 aromatic carbocycles. The summed E-state index contributed by atoms with van der Waals surface area (Å²) in [7, 11) is 1.47. The first-order valence-electron chi connectivity index (χ1n) is 5.40. The van der Waals surface area contributed by atoms with Crippen LogP contribution in [0.15, 0.2) is 29.1 Å². The Morgan fingerprint density at radius 2 is 2.16 bits per heavy atom. The Hall–Kier alpha value is -2.28. The molecule has 0 unspecified atom stereocenters. The Balaban J connectivity index is 2.30. The molecule has 0 aliphatic carbocycles. The summed E-state index contributed by atoms with van der Waals surface area (Å²) < 4.78 is 31.1. The lowest BCUT2D eigenvalue weighted by atomic mass is 10.3. The average Bonchev–Trinajstić information content (AvgIpc) is 2.32. The third-order valence-electron chi connectivity index (χ3n) is 2.27. The summed E-state index contributed by atoms with van der Waals surface area (Å²) in [5.74, 6) is -1.40. The second kappa shape index (κ2) is 5.57. The molecule has 100 valence electrons. The van der Waals surface area contributed by atoms with E-state index in [1.54, 1.807) is 0 Å². The molecule has 7 heteroatoms. The predicted octanol–water partition coefficient (Wildman–Crippen LogP) is 1.94. The summed E-state index contributed by atoms with van der Waals surface area (Å²) in [5.41, 5.74) is 0.0162. The number of hydrogen-bond acceptors (Lipinski definition) is 4. The number of ether oxygens (including phenoxy) is 1. The summed E-state index contributed by atoms with van der Waals surface area (Å²) in [6, 6.07) is 4.32. The van der Waals surface area contributed by atoms with Gasteiger partial charge in [0.25, 0.3) is 5.56 Å². The molecule has 19 heavy (non-hydrogen) atoms. The Kier molecular flexibility index (Phi) is 3.86. The van der Waals surface area contributed by atoms with E-state index >= 15 is 0 Å². The Morgan fingerprint density at radius 1 is 1.37 bits per heavy atom. The van der Waals surface area contributed by atoms with Gasteiger partial charge in [-0.2, -0.15) is 0 Å². The highest BCUT2D eigenvalue weighted by Gasteiger charge is 2.06. The van der Waals surface area contributed by atoms with Crippen molar-refractivity contribution in [2.75, 3.05) is 12.4 Å². The molecule has 0 radical (unpaired) electrons. The number of aromatic amines is 1. The van der Waals surface area contributed by atoms with Crippen molar-refractivity contribution < 1.29 is 13.5 Å².